The summed E-state index contributed by atoms with van der Waals surface area (Å²) in [6.07, 6.45) is -0.154. The second-order valence-electron chi connectivity index (χ2n) is 6.58. The van der Waals surface area contributed by atoms with Crippen LogP contribution in [-0.4, -0.2) is 42.9 Å². The van der Waals surface area contributed by atoms with Gasteiger partial charge in [0.15, 0.2) is 0 Å². The van der Waals surface area contributed by atoms with Crippen molar-refractivity contribution >= 4 is 23.2 Å². The fourth-order valence-electron chi connectivity index (χ4n) is 3.08. The van der Waals surface area contributed by atoms with Crippen LogP contribution in [0, 0.1) is 18.3 Å². The number of carbonyl (C=O) groups excluding carboxylic acids is 2. The number of anilines is 2. The molecule has 1 aliphatic heterocycles. The van der Waals surface area contributed by atoms with E-state index < -0.39 is 0 Å². The Balaban J connectivity index is 1.56. The Morgan fingerprint density at radius 1 is 1.00 bits per heavy atom. The average Bonchev–Trinajstić information content (AvgIpc) is 2.69. The topological polar surface area (TPSA) is 76.4 Å². The summed E-state index contributed by atoms with van der Waals surface area (Å²) < 4.78 is 0. The third-order valence-electron chi connectivity index (χ3n) is 4.62. The molecule has 0 aromatic heterocycles. The molecule has 0 radical (unpaired) electrons. The fraction of sp³-hybridized carbons (Fsp3) is 0.286. The number of piperazine rings is 1. The van der Waals surface area contributed by atoms with Gasteiger partial charge in [-0.2, -0.15) is 5.26 Å². The lowest BCUT2D eigenvalue weighted by Crippen LogP contribution is -2.48. The second-order valence-corrected chi connectivity index (χ2v) is 6.58. The van der Waals surface area contributed by atoms with E-state index in [-0.39, 0.29) is 18.2 Å². The van der Waals surface area contributed by atoms with Gasteiger partial charge in [0.2, 0.25) is 5.91 Å². The molecule has 0 saturated carbocycles. The third-order valence-corrected chi connectivity index (χ3v) is 4.62. The highest BCUT2D eigenvalue weighted by Crippen LogP contribution is 2.20. The number of aryl methyl sites for hydroxylation is 1. The minimum Gasteiger partial charge on any atom is -0.368 e. The lowest BCUT2D eigenvalue weighted by molar-refractivity contribution is -0.115. The molecular weight excluding hydrogens is 340 g/mol. The Morgan fingerprint density at radius 2 is 1.63 bits per heavy atom. The van der Waals surface area contributed by atoms with Crippen molar-refractivity contribution in [2.75, 3.05) is 36.4 Å². The maximum Gasteiger partial charge on any atom is 0.253 e. The molecular formula is C21H22N4O2. The number of nitrogens with one attached hydrogen (secondary N) is 1. The smallest absolute Gasteiger partial charge is 0.253 e. The molecule has 1 saturated heterocycles. The minimum atomic E-state index is -0.312. The normalized spacial score (nSPS) is 13.8. The van der Waals surface area contributed by atoms with E-state index in [0.29, 0.717) is 18.8 Å². The quantitative estimate of drug-likeness (QED) is 0.907. The lowest BCUT2D eigenvalue weighted by atomic mass is 10.1. The number of benzene rings is 2. The van der Waals surface area contributed by atoms with Crippen LogP contribution in [0.15, 0.2) is 48.5 Å². The molecule has 6 nitrogen and oxygen atoms in total. The molecule has 138 valence electrons. The Kier molecular flexibility index (Phi) is 5.72. The average molecular weight is 362 g/mol. The zero-order valence-electron chi connectivity index (χ0n) is 15.3. The van der Waals surface area contributed by atoms with Crippen LogP contribution < -0.4 is 10.2 Å². The number of nitrogens with zero attached hydrogens (tertiary/aromatic N) is 3. The van der Waals surface area contributed by atoms with E-state index in [1.165, 1.54) is 0 Å². The molecule has 0 aliphatic carbocycles. The molecule has 6 heteroatoms. The van der Waals surface area contributed by atoms with Gasteiger partial charge in [0.05, 0.1) is 6.07 Å². The number of amides is 2. The highest BCUT2D eigenvalue weighted by molar-refractivity contribution is 5.94. The van der Waals surface area contributed by atoms with Crippen molar-refractivity contribution < 1.29 is 9.59 Å². The van der Waals surface area contributed by atoms with Crippen molar-refractivity contribution in [2.24, 2.45) is 0 Å². The van der Waals surface area contributed by atoms with Crippen LogP contribution in [0.2, 0.25) is 0 Å². The molecule has 2 aromatic rings. The Labute approximate surface area is 159 Å². The summed E-state index contributed by atoms with van der Waals surface area (Å²) in [6, 6.07) is 17.0. The number of rotatable bonds is 4. The summed E-state index contributed by atoms with van der Waals surface area (Å²) in [5.74, 6) is -0.237. The molecule has 0 bridgehead atoms. The molecule has 0 unspecified atom stereocenters. The molecule has 1 fully saturated rings. The zero-order chi connectivity index (χ0) is 19.2. The van der Waals surface area contributed by atoms with E-state index in [0.717, 1.165) is 29.9 Å². The largest absolute Gasteiger partial charge is 0.368 e. The molecule has 0 atom stereocenters. The standard InChI is InChI=1S/C21H22N4O2/c1-16-2-4-17(5-3-16)21(27)25-14-12-24(13-15-25)19-8-6-18(7-9-19)23-20(26)10-11-22/h2-9H,10,12-15H2,1H3,(H,23,26). The molecule has 27 heavy (non-hydrogen) atoms. The molecule has 2 aromatic carbocycles. The van der Waals surface area contributed by atoms with Gasteiger partial charge in [-0.1, -0.05) is 17.7 Å². The predicted molar refractivity (Wildman–Crippen MR) is 105 cm³/mol. The summed E-state index contributed by atoms with van der Waals surface area (Å²) in [5, 5.41) is 11.2. The van der Waals surface area contributed by atoms with E-state index in [1.54, 1.807) is 0 Å². The number of carbonyl (C=O) groups is 2. The molecule has 0 spiro atoms. The lowest BCUT2D eigenvalue weighted by Gasteiger charge is -2.36. The Bertz CT molecular complexity index is 845. The van der Waals surface area contributed by atoms with Gasteiger partial charge in [0.1, 0.15) is 6.42 Å². The summed E-state index contributed by atoms with van der Waals surface area (Å²) in [5.41, 5.74) is 3.60. The van der Waals surface area contributed by atoms with E-state index >= 15 is 0 Å². The predicted octanol–water partition coefficient (Wildman–Crippen LogP) is 2.81. The van der Waals surface area contributed by atoms with Crippen LogP contribution in [0.3, 0.4) is 0 Å². The van der Waals surface area contributed by atoms with Gasteiger partial charge in [0, 0.05) is 43.1 Å². The van der Waals surface area contributed by atoms with Crippen LogP contribution in [0.1, 0.15) is 22.3 Å². The highest BCUT2D eigenvalue weighted by Gasteiger charge is 2.22. The summed E-state index contributed by atoms with van der Waals surface area (Å²) in [4.78, 5) is 28.2. The van der Waals surface area contributed by atoms with E-state index in [2.05, 4.69) is 10.2 Å². The van der Waals surface area contributed by atoms with Crippen LogP contribution in [0.5, 0.6) is 0 Å². The second kappa shape index (κ2) is 8.37. The molecule has 2 amide bonds. The first-order chi connectivity index (χ1) is 13.1. The zero-order valence-corrected chi connectivity index (χ0v) is 15.3. The van der Waals surface area contributed by atoms with E-state index in [1.807, 2.05) is 66.4 Å². The van der Waals surface area contributed by atoms with Crippen molar-refractivity contribution in [3.63, 3.8) is 0 Å². The Hall–Kier alpha value is -3.33. The van der Waals surface area contributed by atoms with Crippen LogP contribution in [0.25, 0.3) is 0 Å². The molecule has 1 heterocycles. The van der Waals surface area contributed by atoms with Gasteiger partial charge in [-0.25, -0.2) is 0 Å². The molecule has 1 aliphatic rings. The maximum absolute atomic E-state index is 12.6. The van der Waals surface area contributed by atoms with Gasteiger partial charge < -0.3 is 15.1 Å². The van der Waals surface area contributed by atoms with Crippen molar-refractivity contribution in [1.82, 2.24) is 4.90 Å². The fourth-order valence-corrected chi connectivity index (χ4v) is 3.08. The highest BCUT2D eigenvalue weighted by atomic mass is 16.2. The maximum atomic E-state index is 12.6. The molecule has 3 rings (SSSR count). The number of nitriles is 1. The van der Waals surface area contributed by atoms with E-state index in [4.69, 9.17) is 5.26 Å². The monoisotopic (exact) mass is 362 g/mol. The summed E-state index contributed by atoms with van der Waals surface area (Å²) >= 11 is 0. The summed E-state index contributed by atoms with van der Waals surface area (Å²) in [6.45, 7) is 4.88. The minimum absolute atomic E-state index is 0.0743. The van der Waals surface area contributed by atoms with Crippen molar-refractivity contribution in [2.45, 2.75) is 13.3 Å². The van der Waals surface area contributed by atoms with Gasteiger partial charge in [-0.15, -0.1) is 0 Å². The first-order valence-electron chi connectivity index (χ1n) is 8.94. The molecule has 1 N–H and O–H groups in total. The third kappa shape index (κ3) is 4.64. The van der Waals surface area contributed by atoms with Crippen molar-refractivity contribution in [3.05, 3.63) is 59.7 Å². The number of hydrogen-bond acceptors (Lipinski definition) is 4. The van der Waals surface area contributed by atoms with Crippen molar-refractivity contribution in [1.29, 1.82) is 5.26 Å². The van der Waals surface area contributed by atoms with Gasteiger partial charge in [-0.05, 0) is 43.3 Å². The Morgan fingerprint density at radius 3 is 2.22 bits per heavy atom. The number of hydrogen-bond donors (Lipinski definition) is 1. The van der Waals surface area contributed by atoms with Crippen LogP contribution >= 0.6 is 0 Å². The van der Waals surface area contributed by atoms with Crippen LogP contribution in [-0.2, 0) is 4.79 Å². The first-order valence-corrected chi connectivity index (χ1v) is 8.94. The SMILES string of the molecule is Cc1ccc(C(=O)N2CCN(c3ccc(NC(=O)CC#N)cc3)CC2)cc1. The van der Waals surface area contributed by atoms with Crippen LogP contribution in [0.4, 0.5) is 11.4 Å². The van der Waals surface area contributed by atoms with Gasteiger partial charge in [0.25, 0.3) is 5.91 Å². The first kappa shape index (κ1) is 18.5. The summed E-state index contributed by atoms with van der Waals surface area (Å²) in [7, 11) is 0. The van der Waals surface area contributed by atoms with E-state index in [9.17, 15) is 9.59 Å². The van der Waals surface area contributed by atoms with Gasteiger partial charge >= 0.3 is 0 Å². The van der Waals surface area contributed by atoms with Gasteiger partial charge in [-0.3, -0.25) is 9.59 Å². The van der Waals surface area contributed by atoms with Crippen molar-refractivity contribution in [3.8, 4) is 6.07 Å².